The van der Waals surface area contributed by atoms with Gasteiger partial charge in [-0.2, -0.15) is 0 Å². The number of ether oxygens (including phenoxy) is 1. The number of nitrogens with zero attached hydrogens (tertiary/aromatic N) is 1. The lowest BCUT2D eigenvalue weighted by atomic mass is 9.79. The first-order valence-electron chi connectivity index (χ1n) is 9.54. The van der Waals surface area contributed by atoms with Crippen LogP contribution in [0.2, 0.25) is 0 Å². The summed E-state index contributed by atoms with van der Waals surface area (Å²) in [6.45, 7) is 6.37. The molecule has 0 amide bonds. The van der Waals surface area contributed by atoms with E-state index in [0.717, 1.165) is 30.5 Å². The van der Waals surface area contributed by atoms with Gasteiger partial charge in [0.2, 0.25) is 0 Å². The quantitative estimate of drug-likeness (QED) is 0.791. The summed E-state index contributed by atoms with van der Waals surface area (Å²) in [7, 11) is 0. The van der Waals surface area contributed by atoms with Gasteiger partial charge in [0, 0.05) is 12.7 Å². The lowest BCUT2D eigenvalue weighted by Gasteiger charge is -2.33. The lowest BCUT2D eigenvalue weighted by molar-refractivity contribution is 0.102. The number of hydrogen-bond donors (Lipinski definition) is 1. The van der Waals surface area contributed by atoms with E-state index in [1.165, 1.54) is 31.2 Å². The zero-order valence-electron chi connectivity index (χ0n) is 15.4. The molecule has 1 unspecified atom stereocenters. The molecule has 3 rings (SSSR count). The van der Waals surface area contributed by atoms with Crippen LogP contribution in [0, 0.1) is 18.8 Å². The molecule has 3 atom stereocenters. The summed E-state index contributed by atoms with van der Waals surface area (Å²) in [5, 5.41) is 3.57. The van der Waals surface area contributed by atoms with E-state index < -0.39 is 0 Å². The lowest BCUT2D eigenvalue weighted by Crippen LogP contribution is -2.33. The molecule has 1 aliphatic rings. The maximum absolute atomic E-state index is 6.26. The molecule has 1 saturated carbocycles. The van der Waals surface area contributed by atoms with E-state index in [4.69, 9.17) is 4.74 Å². The molecular formula is C22H30N2O. The smallest absolute Gasteiger partial charge is 0.119 e. The van der Waals surface area contributed by atoms with Gasteiger partial charge in [-0.25, -0.2) is 0 Å². The van der Waals surface area contributed by atoms with Crippen molar-refractivity contribution in [2.24, 2.45) is 11.8 Å². The van der Waals surface area contributed by atoms with Gasteiger partial charge in [0.15, 0.2) is 0 Å². The molecule has 25 heavy (non-hydrogen) atoms. The standard InChI is InChI=1S/C22H30N2O/c1-17-7-5-10-21(13-17)25-22-11-6-8-19(14-22)18(2)15-23-16-20-9-3-4-12-24-20/h3-5,7,9-10,12-13,18-19,22-23H,6,8,11,14-16H2,1-2H3/t18?,19-,22+/m0/s1. The molecule has 1 heterocycles. The van der Waals surface area contributed by atoms with Gasteiger partial charge in [0.05, 0.1) is 11.8 Å². The van der Waals surface area contributed by atoms with Gasteiger partial charge in [-0.05, 0) is 80.8 Å². The van der Waals surface area contributed by atoms with E-state index in [1.807, 2.05) is 18.3 Å². The molecule has 1 aromatic carbocycles. The summed E-state index contributed by atoms with van der Waals surface area (Å²) in [6, 6.07) is 14.5. The molecule has 134 valence electrons. The van der Waals surface area contributed by atoms with Gasteiger partial charge in [-0.3, -0.25) is 4.98 Å². The van der Waals surface area contributed by atoms with Crippen LogP contribution in [0.25, 0.3) is 0 Å². The Morgan fingerprint density at radius 3 is 2.92 bits per heavy atom. The molecule has 0 bridgehead atoms. The predicted molar refractivity (Wildman–Crippen MR) is 103 cm³/mol. The van der Waals surface area contributed by atoms with Gasteiger partial charge in [0.1, 0.15) is 5.75 Å². The number of nitrogens with one attached hydrogen (secondary N) is 1. The second-order valence-corrected chi connectivity index (χ2v) is 7.41. The van der Waals surface area contributed by atoms with E-state index in [2.05, 4.69) is 54.5 Å². The Hall–Kier alpha value is -1.87. The third kappa shape index (κ3) is 5.57. The van der Waals surface area contributed by atoms with Crippen LogP contribution in [0.3, 0.4) is 0 Å². The minimum Gasteiger partial charge on any atom is -0.490 e. The van der Waals surface area contributed by atoms with E-state index >= 15 is 0 Å². The first-order chi connectivity index (χ1) is 12.2. The van der Waals surface area contributed by atoms with Crippen LogP contribution in [-0.2, 0) is 6.54 Å². The topological polar surface area (TPSA) is 34.1 Å². The van der Waals surface area contributed by atoms with E-state index in [9.17, 15) is 0 Å². The van der Waals surface area contributed by atoms with Gasteiger partial charge in [0.25, 0.3) is 0 Å². The van der Waals surface area contributed by atoms with Crippen LogP contribution < -0.4 is 10.1 Å². The van der Waals surface area contributed by atoms with Gasteiger partial charge in [-0.1, -0.05) is 25.1 Å². The highest BCUT2D eigenvalue weighted by molar-refractivity contribution is 5.27. The highest BCUT2D eigenvalue weighted by atomic mass is 16.5. The first-order valence-corrected chi connectivity index (χ1v) is 9.54. The van der Waals surface area contributed by atoms with Gasteiger partial charge >= 0.3 is 0 Å². The fourth-order valence-corrected chi connectivity index (χ4v) is 3.78. The van der Waals surface area contributed by atoms with Crippen molar-refractivity contribution >= 4 is 0 Å². The predicted octanol–water partition coefficient (Wildman–Crippen LogP) is 4.75. The summed E-state index contributed by atoms with van der Waals surface area (Å²) in [5.74, 6) is 2.42. The van der Waals surface area contributed by atoms with Crippen molar-refractivity contribution < 1.29 is 4.74 Å². The van der Waals surface area contributed by atoms with Crippen molar-refractivity contribution in [2.75, 3.05) is 6.54 Å². The number of aryl methyl sites for hydroxylation is 1. The van der Waals surface area contributed by atoms with Crippen molar-refractivity contribution in [3.8, 4) is 5.75 Å². The number of benzene rings is 1. The zero-order valence-corrected chi connectivity index (χ0v) is 15.4. The van der Waals surface area contributed by atoms with Crippen molar-refractivity contribution in [2.45, 2.75) is 52.2 Å². The molecule has 0 aliphatic heterocycles. The maximum Gasteiger partial charge on any atom is 0.119 e. The van der Waals surface area contributed by atoms with E-state index in [0.29, 0.717) is 12.0 Å². The van der Waals surface area contributed by atoms with Gasteiger partial charge < -0.3 is 10.1 Å². The molecule has 1 fully saturated rings. The molecule has 1 N–H and O–H groups in total. The number of rotatable bonds is 7. The fraction of sp³-hybridized carbons (Fsp3) is 0.500. The molecule has 3 nitrogen and oxygen atoms in total. The Kier molecular flexibility index (Phi) is 6.46. The van der Waals surface area contributed by atoms with Crippen LogP contribution in [0.1, 0.15) is 43.9 Å². The minimum atomic E-state index is 0.360. The fourth-order valence-electron chi connectivity index (χ4n) is 3.78. The summed E-state index contributed by atoms with van der Waals surface area (Å²) in [6.07, 6.45) is 7.15. The van der Waals surface area contributed by atoms with E-state index in [1.54, 1.807) is 0 Å². The summed E-state index contributed by atoms with van der Waals surface area (Å²) < 4.78 is 6.26. The Labute approximate surface area is 151 Å². The summed E-state index contributed by atoms with van der Waals surface area (Å²) in [5.41, 5.74) is 2.37. The SMILES string of the molecule is Cc1cccc(O[C@@H]2CCC[C@H](C(C)CNCc3ccccn3)C2)c1. The molecule has 0 spiro atoms. The van der Waals surface area contributed by atoms with Crippen molar-refractivity contribution in [1.29, 1.82) is 0 Å². The van der Waals surface area contributed by atoms with Crippen molar-refractivity contribution in [3.05, 3.63) is 59.9 Å². The molecule has 0 radical (unpaired) electrons. The Bertz CT molecular complexity index is 643. The third-order valence-corrected chi connectivity index (χ3v) is 5.26. The molecular weight excluding hydrogens is 308 g/mol. The number of pyridine rings is 1. The average Bonchev–Trinajstić information content (AvgIpc) is 2.63. The molecule has 1 aromatic heterocycles. The molecule has 0 saturated heterocycles. The van der Waals surface area contributed by atoms with Crippen molar-refractivity contribution in [1.82, 2.24) is 10.3 Å². The van der Waals surface area contributed by atoms with Crippen molar-refractivity contribution in [3.63, 3.8) is 0 Å². The number of aromatic nitrogens is 1. The minimum absolute atomic E-state index is 0.360. The number of hydrogen-bond acceptors (Lipinski definition) is 3. The van der Waals surface area contributed by atoms with Gasteiger partial charge in [-0.15, -0.1) is 0 Å². The van der Waals surface area contributed by atoms with Crippen LogP contribution in [0.15, 0.2) is 48.7 Å². The highest BCUT2D eigenvalue weighted by Crippen LogP contribution is 2.32. The second-order valence-electron chi connectivity index (χ2n) is 7.41. The summed E-state index contributed by atoms with van der Waals surface area (Å²) >= 11 is 0. The Morgan fingerprint density at radius 2 is 2.12 bits per heavy atom. The first kappa shape index (κ1) is 17.9. The molecule has 1 aliphatic carbocycles. The highest BCUT2D eigenvalue weighted by Gasteiger charge is 2.27. The monoisotopic (exact) mass is 338 g/mol. The molecule has 3 heteroatoms. The average molecular weight is 338 g/mol. The molecule has 2 aromatic rings. The Morgan fingerprint density at radius 1 is 1.20 bits per heavy atom. The van der Waals surface area contributed by atoms with Crippen LogP contribution >= 0.6 is 0 Å². The zero-order chi connectivity index (χ0) is 17.5. The van der Waals surface area contributed by atoms with Crippen LogP contribution in [0.5, 0.6) is 5.75 Å². The Balaban J connectivity index is 1.45. The third-order valence-electron chi connectivity index (χ3n) is 5.26. The van der Waals surface area contributed by atoms with E-state index in [-0.39, 0.29) is 0 Å². The van der Waals surface area contributed by atoms with Crippen LogP contribution in [-0.4, -0.2) is 17.6 Å². The normalized spacial score (nSPS) is 21.7. The second kappa shape index (κ2) is 9.00. The summed E-state index contributed by atoms with van der Waals surface area (Å²) in [4.78, 5) is 4.37. The van der Waals surface area contributed by atoms with Crippen LogP contribution in [0.4, 0.5) is 0 Å². The maximum atomic E-state index is 6.26. The largest absolute Gasteiger partial charge is 0.490 e.